The van der Waals surface area contributed by atoms with E-state index in [4.69, 9.17) is 5.73 Å². The quantitative estimate of drug-likeness (QED) is 0.829. The minimum absolute atomic E-state index is 0.673. The second-order valence-electron chi connectivity index (χ2n) is 5.83. The number of anilines is 1. The van der Waals surface area contributed by atoms with E-state index in [1.54, 1.807) is 0 Å². The molecule has 0 saturated carbocycles. The van der Waals surface area contributed by atoms with Crippen molar-refractivity contribution in [2.24, 2.45) is 5.92 Å². The predicted molar refractivity (Wildman–Crippen MR) is 77.5 cm³/mol. The zero-order valence-electron chi connectivity index (χ0n) is 12.0. The number of benzene rings is 1. The van der Waals surface area contributed by atoms with Gasteiger partial charge in [0.15, 0.2) is 0 Å². The first-order chi connectivity index (χ1) is 8.49. The Morgan fingerprint density at radius 2 is 2.06 bits per heavy atom. The smallest absolute Gasteiger partial charge is 0.0346 e. The van der Waals surface area contributed by atoms with Crippen LogP contribution in [0.3, 0.4) is 0 Å². The Morgan fingerprint density at radius 1 is 1.33 bits per heavy atom. The van der Waals surface area contributed by atoms with Crippen LogP contribution in [0.1, 0.15) is 18.1 Å². The Labute approximate surface area is 111 Å². The fraction of sp³-hybridized carbons (Fsp3) is 0.600. The van der Waals surface area contributed by atoms with Crippen LogP contribution in [-0.2, 0) is 6.54 Å². The van der Waals surface area contributed by atoms with Crippen molar-refractivity contribution in [2.75, 3.05) is 32.9 Å². The normalized spacial score (nSPS) is 24.9. The molecular weight excluding hydrogens is 222 g/mol. The van der Waals surface area contributed by atoms with Crippen LogP contribution in [-0.4, -0.2) is 43.0 Å². The van der Waals surface area contributed by atoms with Gasteiger partial charge in [-0.25, -0.2) is 0 Å². The summed E-state index contributed by atoms with van der Waals surface area (Å²) in [4.78, 5) is 4.88. The van der Waals surface area contributed by atoms with Gasteiger partial charge < -0.3 is 10.6 Å². The summed E-state index contributed by atoms with van der Waals surface area (Å²) in [5, 5.41) is 0. The molecule has 0 aromatic heterocycles. The van der Waals surface area contributed by atoms with Crippen LogP contribution in [0.5, 0.6) is 0 Å². The maximum Gasteiger partial charge on any atom is 0.0346 e. The van der Waals surface area contributed by atoms with E-state index >= 15 is 0 Å². The van der Waals surface area contributed by atoms with Gasteiger partial charge in [0.25, 0.3) is 0 Å². The van der Waals surface area contributed by atoms with Gasteiger partial charge in [-0.3, -0.25) is 4.90 Å². The maximum atomic E-state index is 5.97. The summed E-state index contributed by atoms with van der Waals surface area (Å²) in [6, 6.07) is 6.90. The van der Waals surface area contributed by atoms with E-state index in [-0.39, 0.29) is 0 Å². The van der Waals surface area contributed by atoms with Gasteiger partial charge in [0.1, 0.15) is 0 Å². The summed E-state index contributed by atoms with van der Waals surface area (Å²) in [6.45, 7) is 7.81. The third-order valence-electron chi connectivity index (χ3n) is 4.19. The second kappa shape index (κ2) is 5.29. The monoisotopic (exact) mass is 247 g/mol. The molecule has 3 heteroatoms. The van der Waals surface area contributed by atoms with Crippen LogP contribution in [0.2, 0.25) is 0 Å². The molecule has 0 radical (unpaired) electrons. The number of nitrogen functional groups attached to an aromatic ring is 1. The molecule has 1 fully saturated rings. The average molecular weight is 247 g/mol. The van der Waals surface area contributed by atoms with Crippen molar-refractivity contribution in [3.05, 3.63) is 29.3 Å². The lowest BCUT2D eigenvalue weighted by Crippen LogP contribution is -2.34. The Kier molecular flexibility index (Phi) is 3.93. The number of nitrogens with zero attached hydrogens (tertiary/aromatic N) is 2. The first kappa shape index (κ1) is 13.4. The van der Waals surface area contributed by atoms with E-state index in [0.29, 0.717) is 6.04 Å². The molecule has 0 spiro atoms. The van der Waals surface area contributed by atoms with E-state index in [1.807, 2.05) is 6.07 Å². The van der Waals surface area contributed by atoms with Crippen molar-refractivity contribution in [1.82, 2.24) is 9.80 Å². The molecule has 1 heterocycles. The SMILES string of the molecule is Cc1c(N)cccc1CN1CC(C)C(N(C)C)C1. The first-order valence-corrected chi connectivity index (χ1v) is 6.71. The molecule has 1 aliphatic rings. The highest BCUT2D eigenvalue weighted by Crippen LogP contribution is 2.24. The fourth-order valence-corrected chi connectivity index (χ4v) is 2.96. The van der Waals surface area contributed by atoms with Crippen molar-refractivity contribution in [2.45, 2.75) is 26.4 Å². The van der Waals surface area contributed by atoms with Crippen molar-refractivity contribution in [1.29, 1.82) is 0 Å². The van der Waals surface area contributed by atoms with Crippen molar-refractivity contribution >= 4 is 5.69 Å². The van der Waals surface area contributed by atoms with Gasteiger partial charge in [-0.1, -0.05) is 19.1 Å². The van der Waals surface area contributed by atoms with Gasteiger partial charge in [-0.2, -0.15) is 0 Å². The molecule has 1 aromatic carbocycles. The lowest BCUT2D eigenvalue weighted by atomic mass is 10.1. The zero-order valence-corrected chi connectivity index (χ0v) is 12.0. The number of hydrogen-bond acceptors (Lipinski definition) is 3. The van der Waals surface area contributed by atoms with Crippen molar-refractivity contribution < 1.29 is 0 Å². The maximum absolute atomic E-state index is 5.97. The summed E-state index contributed by atoms with van der Waals surface area (Å²) in [5.41, 5.74) is 9.47. The van der Waals surface area contributed by atoms with Gasteiger partial charge in [0.05, 0.1) is 0 Å². The molecular formula is C15H25N3. The molecule has 2 N–H and O–H groups in total. The molecule has 18 heavy (non-hydrogen) atoms. The Hall–Kier alpha value is -1.06. The van der Waals surface area contributed by atoms with Gasteiger partial charge >= 0.3 is 0 Å². The molecule has 0 amide bonds. The number of rotatable bonds is 3. The third-order valence-corrected chi connectivity index (χ3v) is 4.19. The van der Waals surface area contributed by atoms with Crippen LogP contribution in [0, 0.1) is 12.8 Å². The fourth-order valence-electron chi connectivity index (χ4n) is 2.96. The standard InChI is InChI=1S/C15H25N3/c1-11-8-18(10-15(11)17(3)4)9-13-6-5-7-14(16)12(13)2/h5-7,11,15H,8-10,16H2,1-4H3. The number of likely N-dealkylation sites (N-methyl/N-ethyl adjacent to an activating group) is 1. The zero-order chi connectivity index (χ0) is 13.3. The lowest BCUT2D eigenvalue weighted by Gasteiger charge is -2.23. The summed E-state index contributed by atoms with van der Waals surface area (Å²) in [5.74, 6) is 0.737. The number of hydrogen-bond donors (Lipinski definition) is 1. The Bertz CT molecular complexity index is 414. The van der Waals surface area contributed by atoms with E-state index in [2.05, 4.69) is 49.9 Å². The van der Waals surface area contributed by atoms with E-state index in [0.717, 1.165) is 24.7 Å². The van der Waals surface area contributed by atoms with E-state index in [1.165, 1.54) is 17.7 Å². The molecule has 100 valence electrons. The van der Waals surface area contributed by atoms with Gasteiger partial charge in [-0.15, -0.1) is 0 Å². The topological polar surface area (TPSA) is 32.5 Å². The number of likely N-dealkylation sites (tertiary alicyclic amines) is 1. The number of nitrogens with two attached hydrogens (primary N) is 1. The molecule has 3 nitrogen and oxygen atoms in total. The van der Waals surface area contributed by atoms with Crippen molar-refractivity contribution in [3.63, 3.8) is 0 Å². The molecule has 0 aliphatic carbocycles. The third kappa shape index (κ3) is 2.68. The molecule has 2 unspecified atom stereocenters. The predicted octanol–water partition coefficient (Wildman–Crippen LogP) is 1.96. The Balaban J connectivity index is 2.05. The minimum atomic E-state index is 0.673. The summed E-state index contributed by atoms with van der Waals surface area (Å²) in [7, 11) is 4.35. The van der Waals surface area contributed by atoms with Crippen LogP contribution < -0.4 is 5.73 Å². The van der Waals surface area contributed by atoms with E-state index < -0.39 is 0 Å². The van der Waals surface area contributed by atoms with Crippen LogP contribution >= 0.6 is 0 Å². The van der Waals surface area contributed by atoms with Crippen LogP contribution in [0.15, 0.2) is 18.2 Å². The molecule has 2 atom stereocenters. The highest BCUT2D eigenvalue weighted by atomic mass is 15.2. The Morgan fingerprint density at radius 3 is 2.67 bits per heavy atom. The highest BCUT2D eigenvalue weighted by Gasteiger charge is 2.30. The van der Waals surface area contributed by atoms with Gasteiger partial charge in [-0.05, 0) is 44.1 Å². The molecule has 1 aromatic rings. The minimum Gasteiger partial charge on any atom is -0.399 e. The van der Waals surface area contributed by atoms with Crippen LogP contribution in [0.4, 0.5) is 5.69 Å². The summed E-state index contributed by atoms with van der Waals surface area (Å²) >= 11 is 0. The largest absolute Gasteiger partial charge is 0.399 e. The lowest BCUT2D eigenvalue weighted by molar-refractivity contribution is 0.250. The van der Waals surface area contributed by atoms with Crippen LogP contribution in [0.25, 0.3) is 0 Å². The molecule has 1 saturated heterocycles. The summed E-state index contributed by atoms with van der Waals surface area (Å²) in [6.07, 6.45) is 0. The van der Waals surface area contributed by atoms with Gasteiger partial charge in [0, 0.05) is 31.4 Å². The van der Waals surface area contributed by atoms with Crippen molar-refractivity contribution in [3.8, 4) is 0 Å². The average Bonchev–Trinajstić information content (AvgIpc) is 2.66. The molecule has 0 bridgehead atoms. The second-order valence-corrected chi connectivity index (χ2v) is 5.83. The molecule has 2 rings (SSSR count). The molecule has 1 aliphatic heterocycles. The highest BCUT2D eigenvalue weighted by molar-refractivity contribution is 5.49. The van der Waals surface area contributed by atoms with E-state index in [9.17, 15) is 0 Å². The van der Waals surface area contributed by atoms with Gasteiger partial charge in [0.2, 0.25) is 0 Å². The summed E-state index contributed by atoms with van der Waals surface area (Å²) < 4.78 is 0. The first-order valence-electron chi connectivity index (χ1n) is 6.71.